The van der Waals surface area contributed by atoms with Gasteiger partial charge in [0.15, 0.2) is 0 Å². The van der Waals surface area contributed by atoms with E-state index in [9.17, 15) is 15.2 Å². The van der Waals surface area contributed by atoms with Gasteiger partial charge in [0.2, 0.25) is 0 Å². The lowest BCUT2D eigenvalue weighted by Gasteiger charge is -2.06. The molecule has 2 aromatic rings. The van der Waals surface area contributed by atoms with Gasteiger partial charge in [0.05, 0.1) is 16.8 Å². The Labute approximate surface area is 119 Å². The Morgan fingerprint density at radius 3 is 2.55 bits per heavy atom. The summed E-state index contributed by atoms with van der Waals surface area (Å²) in [5.74, 6) is -0.627. The van der Waals surface area contributed by atoms with Gasteiger partial charge < -0.3 is 5.11 Å². The number of halogens is 1. The molecule has 0 heterocycles. The van der Waals surface area contributed by atoms with Crippen LogP contribution in [0.4, 0.5) is 11.4 Å². The number of hydrazone groups is 1. The van der Waals surface area contributed by atoms with Crippen LogP contribution in [0.2, 0.25) is 5.02 Å². The predicted molar refractivity (Wildman–Crippen MR) is 75.2 cm³/mol. The van der Waals surface area contributed by atoms with Crippen molar-refractivity contribution in [2.24, 2.45) is 5.10 Å². The predicted octanol–water partition coefficient (Wildman–Crippen LogP) is 2.77. The molecule has 7 heteroatoms. The van der Waals surface area contributed by atoms with Crippen molar-refractivity contribution in [3.05, 3.63) is 63.2 Å². The summed E-state index contributed by atoms with van der Waals surface area (Å²) in [5, 5.41) is 26.4. The van der Waals surface area contributed by atoms with E-state index in [2.05, 4.69) is 10.5 Å². The molecule has 0 unspecified atom stereocenters. The van der Waals surface area contributed by atoms with Gasteiger partial charge in [-0.2, -0.15) is 5.10 Å². The number of nitrogens with one attached hydrogen (secondary N) is 1. The van der Waals surface area contributed by atoms with Crippen molar-refractivity contribution >= 4 is 29.2 Å². The van der Waals surface area contributed by atoms with Gasteiger partial charge in [0, 0.05) is 16.7 Å². The van der Waals surface area contributed by atoms with E-state index in [-0.39, 0.29) is 0 Å². The molecular formula is C13H9ClN3O3-. The van der Waals surface area contributed by atoms with Crippen LogP contribution in [0.25, 0.3) is 0 Å². The number of anilines is 1. The highest BCUT2D eigenvalue weighted by Gasteiger charge is 2.06. The van der Waals surface area contributed by atoms with Crippen molar-refractivity contribution in [3.63, 3.8) is 0 Å². The Balaban J connectivity index is 2.10. The minimum absolute atomic E-state index is 0.456. The summed E-state index contributed by atoms with van der Waals surface area (Å²) in [6.45, 7) is 0. The Morgan fingerprint density at radius 2 is 1.90 bits per heavy atom. The highest BCUT2D eigenvalue weighted by atomic mass is 35.5. The van der Waals surface area contributed by atoms with Crippen molar-refractivity contribution in [3.8, 4) is 5.75 Å². The highest BCUT2D eigenvalue weighted by Crippen LogP contribution is 2.23. The molecular weight excluding hydrogens is 282 g/mol. The van der Waals surface area contributed by atoms with Gasteiger partial charge in [-0.25, -0.2) is 0 Å². The van der Waals surface area contributed by atoms with E-state index < -0.39 is 16.4 Å². The average molecular weight is 291 g/mol. The van der Waals surface area contributed by atoms with Crippen molar-refractivity contribution in [1.82, 2.24) is 0 Å². The van der Waals surface area contributed by atoms with Crippen molar-refractivity contribution in [1.29, 1.82) is 0 Å². The van der Waals surface area contributed by atoms with Crippen molar-refractivity contribution in [2.75, 3.05) is 5.43 Å². The largest absolute Gasteiger partial charge is 0.868 e. The number of rotatable bonds is 4. The van der Waals surface area contributed by atoms with Crippen LogP contribution in [-0.2, 0) is 0 Å². The second-order valence-electron chi connectivity index (χ2n) is 3.86. The van der Waals surface area contributed by atoms with E-state index in [4.69, 9.17) is 11.6 Å². The zero-order chi connectivity index (χ0) is 14.5. The first kappa shape index (κ1) is 13.8. The minimum atomic E-state index is -0.716. The molecule has 2 aromatic carbocycles. The topological polar surface area (TPSA) is 90.6 Å². The van der Waals surface area contributed by atoms with Crippen LogP contribution in [0.3, 0.4) is 0 Å². The third-order valence-electron chi connectivity index (χ3n) is 2.43. The second-order valence-corrected chi connectivity index (χ2v) is 4.30. The average Bonchev–Trinajstić information content (AvgIpc) is 2.42. The van der Waals surface area contributed by atoms with Crippen LogP contribution in [0.5, 0.6) is 5.75 Å². The Morgan fingerprint density at radius 1 is 1.20 bits per heavy atom. The first-order valence-electron chi connectivity index (χ1n) is 5.56. The lowest BCUT2D eigenvalue weighted by molar-refractivity contribution is -0.398. The third-order valence-corrected chi connectivity index (χ3v) is 2.68. The molecule has 0 saturated heterocycles. The number of benzene rings is 2. The molecule has 0 fully saturated rings. The fourth-order valence-electron chi connectivity index (χ4n) is 1.46. The van der Waals surface area contributed by atoms with Crippen molar-refractivity contribution in [2.45, 2.75) is 0 Å². The Kier molecular flexibility index (Phi) is 4.17. The van der Waals surface area contributed by atoms with Crippen LogP contribution >= 0.6 is 11.6 Å². The zero-order valence-corrected chi connectivity index (χ0v) is 10.9. The highest BCUT2D eigenvalue weighted by molar-refractivity contribution is 6.30. The van der Waals surface area contributed by atoms with Gasteiger partial charge in [-0.15, -0.1) is 0 Å². The Bertz CT molecular complexity index is 656. The quantitative estimate of drug-likeness (QED) is 0.532. The maximum absolute atomic E-state index is 11.2. The van der Waals surface area contributed by atoms with Crippen LogP contribution in [0, 0.1) is 10.1 Å². The molecule has 0 aliphatic carbocycles. The third kappa shape index (κ3) is 3.46. The maximum atomic E-state index is 11.2. The zero-order valence-electron chi connectivity index (χ0n) is 10.1. The summed E-state index contributed by atoms with van der Waals surface area (Å²) >= 11 is 5.74. The molecule has 0 aromatic heterocycles. The maximum Gasteiger partial charge on any atom is 0.262 e. The molecule has 102 valence electrons. The summed E-state index contributed by atoms with van der Waals surface area (Å²) in [7, 11) is 0. The number of hydrogen-bond donors (Lipinski definition) is 1. The smallest absolute Gasteiger partial charge is 0.262 e. The molecule has 2 rings (SSSR count). The van der Waals surface area contributed by atoms with Gasteiger partial charge in [0.1, 0.15) is 0 Å². The SMILES string of the molecule is O=[N+]([O-])c1cc(/C=N\Nc2ccc(Cl)cc2)ccc1[O-]. The standard InChI is InChI=1S/C13H10ClN3O3/c14-10-2-4-11(5-3-10)16-15-8-9-1-6-13(18)12(7-9)17(19)20/h1-8,16,18H/p-1/b15-8-. The van der Waals surface area contributed by atoms with E-state index in [1.165, 1.54) is 18.3 Å². The fraction of sp³-hybridized carbons (Fsp3) is 0. The number of nitro groups is 1. The monoisotopic (exact) mass is 290 g/mol. The lowest BCUT2D eigenvalue weighted by atomic mass is 10.2. The summed E-state index contributed by atoms with van der Waals surface area (Å²) in [4.78, 5) is 9.92. The summed E-state index contributed by atoms with van der Waals surface area (Å²) in [6, 6.07) is 10.7. The normalized spacial score (nSPS) is 10.7. The van der Waals surface area contributed by atoms with Gasteiger partial charge in [0.25, 0.3) is 5.69 Å². The summed E-state index contributed by atoms with van der Waals surface area (Å²) in [6.07, 6.45) is 1.39. The molecule has 0 bridgehead atoms. The van der Waals surface area contributed by atoms with Crippen molar-refractivity contribution < 1.29 is 10.0 Å². The lowest BCUT2D eigenvalue weighted by Crippen LogP contribution is -1.99. The van der Waals surface area contributed by atoms with E-state index in [0.29, 0.717) is 10.6 Å². The molecule has 1 N–H and O–H groups in total. The fourth-order valence-corrected chi connectivity index (χ4v) is 1.59. The van der Waals surface area contributed by atoms with Crippen LogP contribution < -0.4 is 10.5 Å². The second kappa shape index (κ2) is 6.03. The summed E-state index contributed by atoms with van der Waals surface area (Å²) in [5.41, 5.74) is 3.45. The van der Waals surface area contributed by atoms with E-state index in [1.807, 2.05) is 0 Å². The van der Waals surface area contributed by atoms with E-state index in [0.717, 1.165) is 11.8 Å². The van der Waals surface area contributed by atoms with E-state index >= 15 is 0 Å². The van der Waals surface area contributed by atoms with Gasteiger partial charge in [-0.05, 0) is 30.0 Å². The van der Waals surface area contributed by atoms with Gasteiger partial charge >= 0.3 is 0 Å². The number of hydrogen-bond acceptors (Lipinski definition) is 5. The van der Waals surface area contributed by atoms with Crippen LogP contribution in [0.15, 0.2) is 47.6 Å². The molecule has 0 aliphatic rings. The molecule has 0 saturated carbocycles. The first-order valence-corrected chi connectivity index (χ1v) is 5.94. The number of nitro benzene ring substituents is 1. The molecule has 0 amide bonds. The molecule has 6 nitrogen and oxygen atoms in total. The first-order chi connectivity index (χ1) is 9.56. The van der Waals surface area contributed by atoms with Gasteiger partial charge in [-0.1, -0.05) is 23.7 Å². The minimum Gasteiger partial charge on any atom is -0.868 e. The molecule has 0 radical (unpaired) electrons. The summed E-state index contributed by atoms with van der Waals surface area (Å²) < 4.78 is 0. The number of nitrogens with zero attached hydrogens (tertiary/aromatic N) is 2. The molecule has 20 heavy (non-hydrogen) atoms. The molecule has 0 spiro atoms. The van der Waals surface area contributed by atoms with Crippen LogP contribution in [0.1, 0.15) is 5.56 Å². The Hall–Kier alpha value is -2.60. The molecule has 0 atom stereocenters. The van der Waals surface area contributed by atoms with E-state index in [1.54, 1.807) is 24.3 Å². The van der Waals surface area contributed by atoms with Gasteiger partial charge in [-0.3, -0.25) is 15.5 Å². The molecule has 0 aliphatic heterocycles. The van der Waals surface area contributed by atoms with Crippen LogP contribution in [-0.4, -0.2) is 11.1 Å².